The van der Waals surface area contributed by atoms with Crippen LogP contribution in [0.25, 0.3) is 0 Å². The standard InChI is InChI=1S/C21H33N3O4/c1-5-14-22-20(27)24-23-18(25)9-7-6-8-16-10-12-17(13-11-16)15-21(2,3)19(26)28-4/h10-13H,5-9,14-15H2,1-4H3,(H,23,25)(H2,22,24,27). The van der Waals surface area contributed by atoms with E-state index in [2.05, 4.69) is 28.3 Å². The Bertz CT molecular complexity index is 642. The van der Waals surface area contributed by atoms with Crippen LogP contribution in [0.4, 0.5) is 4.79 Å². The van der Waals surface area contributed by atoms with Gasteiger partial charge < -0.3 is 10.1 Å². The van der Waals surface area contributed by atoms with Crippen LogP contribution in [0.15, 0.2) is 24.3 Å². The van der Waals surface area contributed by atoms with Gasteiger partial charge in [0.05, 0.1) is 12.5 Å². The van der Waals surface area contributed by atoms with Crippen LogP contribution in [-0.2, 0) is 27.2 Å². The molecule has 0 spiro atoms. The molecular weight excluding hydrogens is 358 g/mol. The molecule has 0 saturated heterocycles. The maximum Gasteiger partial charge on any atom is 0.333 e. The monoisotopic (exact) mass is 391 g/mol. The number of hydrogen-bond donors (Lipinski definition) is 3. The summed E-state index contributed by atoms with van der Waals surface area (Å²) in [5, 5.41) is 2.61. The molecule has 0 saturated carbocycles. The van der Waals surface area contributed by atoms with Crippen molar-refractivity contribution in [2.45, 2.75) is 59.3 Å². The molecule has 0 fully saturated rings. The lowest BCUT2D eigenvalue weighted by Crippen LogP contribution is -2.47. The molecule has 28 heavy (non-hydrogen) atoms. The van der Waals surface area contributed by atoms with Gasteiger partial charge in [-0.3, -0.25) is 15.0 Å². The van der Waals surface area contributed by atoms with E-state index in [0.29, 0.717) is 19.4 Å². The van der Waals surface area contributed by atoms with Crippen molar-refractivity contribution in [3.8, 4) is 0 Å². The number of amides is 3. The highest BCUT2D eigenvalue weighted by molar-refractivity contribution is 5.80. The zero-order valence-corrected chi connectivity index (χ0v) is 17.4. The fraction of sp³-hybridized carbons (Fsp3) is 0.571. The highest BCUT2D eigenvalue weighted by Crippen LogP contribution is 2.23. The van der Waals surface area contributed by atoms with Crippen molar-refractivity contribution < 1.29 is 19.1 Å². The number of aryl methyl sites for hydroxylation is 1. The predicted molar refractivity (Wildman–Crippen MR) is 108 cm³/mol. The summed E-state index contributed by atoms with van der Waals surface area (Å²) in [5.41, 5.74) is 6.45. The minimum absolute atomic E-state index is 0.202. The molecule has 1 rings (SSSR count). The SMILES string of the molecule is CCCNC(=O)NNC(=O)CCCCc1ccc(CC(C)(C)C(=O)OC)cc1. The number of esters is 1. The first kappa shape index (κ1) is 23.5. The smallest absolute Gasteiger partial charge is 0.333 e. The summed E-state index contributed by atoms with van der Waals surface area (Å²) in [6.07, 6.45) is 4.31. The first-order valence-corrected chi connectivity index (χ1v) is 9.77. The van der Waals surface area contributed by atoms with Gasteiger partial charge in [0.1, 0.15) is 0 Å². The molecule has 7 heteroatoms. The molecule has 0 heterocycles. The summed E-state index contributed by atoms with van der Waals surface area (Å²) in [6, 6.07) is 7.78. The Balaban J connectivity index is 2.28. The summed E-state index contributed by atoms with van der Waals surface area (Å²) in [7, 11) is 1.41. The van der Waals surface area contributed by atoms with E-state index in [-0.39, 0.29) is 11.9 Å². The number of carbonyl (C=O) groups is 3. The van der Waals surface area contributed by atoms with Gasteiger partial charge in [0.15, 0.2) is 0 Å². The molecule has 0 aliphatic carbocycles. The van der Waals surface area contributed by atoms with Crippen LogP contribution in [0.1, 0.15) is 57.6 Å². The van der Waals surface area contributed by atoms with Gasteiger partial charge in [0.2, 0.25) is 5.91 Å². The average molecular weight is 392 g/mol. The second-order valence-electron chi connectivity index (χ2n) is 7.50. The Morgan fingerprint density at radius 1 is 1.00 bits per heavy atom. The number of benzene rings is 1. The molecule has 1 aromatic rings. The molecule has 0 aromatic heterocycles. The third kappa shape index (κ3) is 8.88. The van der Waals surface area contributed by atoms with E-state index in [0.717, 1.165) is 31.2 Å². The molecule has 3 amide bonds. The molecule has 0 aliphatic rings. The van der Waals surface area contributed by atoms with Crippen molar-refractivity contribution >= 4 is 17.9 Å². The van der Waals surface area contributed by atoms with Gasteiger partial charge in [-0.15, -0.1) is 0 Å². The van der Waals surface area contributed by atoms with Gasteiger partial charge in [0, 0.05) is 13.0 Å². The van der Waals surface area contributed by atoms with E-state index in [1.807, 2.05) is 32.9 Å². The van der Waals surface area contributed by atoms with Gasteiger partial charge in [-0.2, -0.15) is 0 Å². The number of unbranched alkanes of at least 4 members (excludes halogenated alkanes) is 1. The second-order valence-corrected chi connectivity index (χ2v) is 7.50. The fourth-order valence-electron chi connectivity index (χ4n) is 2.77. The number of methoxy groups -OCH3 is 1. The Kier molecular flexibility index (Phi) is 10.1. The Labute approximate surface area is 167 Å². The second kappa shape index (κ2) is 12.0. The van der Waals surface area contributed by atoms with Crippen LogP contribution < -0.4 is 16.2 Å². The largest absolute Gasteiger partial charge is 0.469 e. The summed E-state index contributed by atoms with van der Waals surface area (Å²) < 4.78 is 4.85. The van der Waals surface area contributed by atoms with Crippen molar-refractivity contribution in [2.24, 2.45) is 5.41 Å². The lowest BCUT2D eigenvalue weighted by atomic mass is 9.85. The molecule has 156 valence electrons. The third-order valence-electron chi connectivity index (χ3n) is 4.38. The molecule has 0 radical (unpaired) electrons. The normalized spacial score (nSPS) is 10.9. The Morgan fingerprint density at radius 3 is 2.25 bits per heavy atom. The molecule has 1 aromatic carbocycles. The maximum atomic E-state index is 11.8. The van der Waals surface area contributed by atoms with E-state index >= 15 is 0 Å². The van der Waals surface area contributed by atoms with Gasteiger partial charge in [-0.1, -0.05) is 31.2 Å². The van der Waals surface area contributed by atoms with Gasteiger partial charge in [0.25, 0.3) is 0 Å². The summed E-state index contributed by atoms with van der Waals surface area (Å²) in [4.78, 5) is 34.8. The van der Waals surface area contributed by atoms with Crippen LogP contribution in [0.2, 0.25) is 0 Å². The number of rotatable bonds is 10. The van der Waals surface area contributed by atoms with Crippen LogP contribution in [0.3, 0.4) is 0 Å². The maximum absolute atomic E-state index is 11.8. The van der Waals surface area contributed by atoms with E-state index < -0.39 is 11.4 Å². The molecular formula is C21H33N3O4. The number of ether oxygens (including phenoxy) is 1. The average Bonchev–Trinajstić information content (AvgIpc) is 2.68. The number of hydrogen-bond acceptors (Lipinski definition) is 4. The number of nitrogens with one attached hydrogen (secondary N) is 3. The highest BCUT2D eigenvalue weighted by Gasteiger charge is 2.28. The molecule has 0 unspecified atom stereocenters. The van der Waals surface area contributed by atoms with Crippen molar-refractivity contribution in [1.82, 2.24) is 16.2 Å². The van der Waals surface area contributed by atoms with Crippen LogP contribution in [0.5, 0.6) is 0 Å². The van der Waals surface area contributed by atoms with Crippen molar-refractivity contribution in [3.05, 3.63) is 35.4 Å². The molecule has 0 atom stereocenters. The summed E-state index contributed by atoms with van der Waals surface area (Å²) in [6.45, 7) is 6.27. The number of hydrazine groups is 1. The van der Waals surface area contributed by atoms with Crippen LogP contribution in [-0.4, -0.2) is 31.6 Å². The van der Waals surface area contributed by atoms with Gasteiger partial charge in [-0.05, 0) is 57.1 Å². The summed E-state index contributed by atoms with van der Waals surface area (Å²) >= 11 is 0. The number of carbonyl (C=O) groups excluding carboxylic acids is 3. The third-order valence-corrected chi connectivity index (χ3v) is 4.38. The molecule has 0 bridgehead atoms. The molecule has 0 aliphatic heterocycles. The Hall–Kier alpha value is -2.57. The molecule has 3 N–H and O–H groups in total. The van der Waals surface area contributed by atoms with E-state index in [1.165, 1.54) is 12.7 Å². The zero-order chi connectivity index (χ0) is 21.0. The van der Waals surface area contributed by atoms with Gasteiger partial charge >= 0.3 is 12.0 Å². The van der Waals surface area contributed by atoms with E-state index in [4.69, 9.17) is 4.74 Å². The van der Waals surface area contributed by atoms with Crippen LogP contribution in [0, 0.1) is 5.41 Å². The fourth-order valence-corrected chi connectivity index (χ4v) is 2.77. The minimum atomic E-state index is -0.550. The predicted octanol–water partition coefficient (Wildman–Crippen LogP) is 2.88. The quantitative estimate of drug-likeness (QED) is 0.325. The van der Waals surface area contributed by atoms with E-state index in [9.17, 15) is 14.4 Å². The lowest BCUT2D eigenvalue weighted by molar-refractivity contribution is -0.150. The lowest BCUT2D eigenvalue weighted by Gasteiger charge is -2.21. The molecule has 7 nitrogen and oxygen atoms in total. The Morgan fingerprint density at radius 2 is 1.64 bits per heavy atom. The van der Waals surface area contributed by atoms with Crippen LogP contribution >= 0.6 is 0 Å². The highest BCUT2D eigenvalue weighted by atomic mass is 16.5. The first-order chi connectivity index (χ1) is 13.3. The topological polar surface area (TPSA) is 96.5 Å². The minimum Gasteiger partial charge on any atom is -0.469 e. The van der Waals surface area contributed by atoms with Crippen molar-refractivity contribution in [1.29, 1.82) is 0 Å². The van der Waals surface area contributed by atoms with E-state index in [1.54, 1.807) is 0 Å². The van der Waals surface area contributed by atoms with Crippen molar-refractivity contribution in [2.75, 3.05) is 13.7 Å². The summed E-state index contributed by atoms with van der Waals surface area (Å²) in [5.74, 6) is -0.417. The number of urea groups is 1. The first-order valence-electron chi connectivity index (χ1n) is 9.77. The van der Waals surface area contributed by atoms with Crippen molar-refractivity contribution in [3.63, 3.8) is 0 Å². The zero-order valence-electron chi connectivity index (χ0n) is 17.4. The van der Waals surface area contributed by atoms with Gasteiger partial charge in [-0.25, -0.2) is 10.2 Å².